The van der Waals surface area contributed by atoms with E-state index >= 15 is 0 Å². The largest absolute Gasteiger partial charge is 0.444 e. The summed E-state index contributed by atoms with van der Waals surface area (Å²) in [6, 6.07) is -0.407. The Morgan fingerprint density at radius 3 is 2.48 bits per heavy atom. The van der Waals surface area contributed by atoms with E-state index in [0.29, 0.717) is 18.2 Å². The number of hydrogen-bond donors (Lipinski definition) is 1. The fourth-order valence-corrected chi connectivity index (χ4v) is 3.54. The summed E-state index contributed by atoms with van der Waals surface area (Å²) < 4.78 is 5.38. The van der Waals surface area contributed by atoms with Gasteiger partial charge in [0, 0.05) is 12.3 Å². The fraction of sp³-hybridized carbons (Fsp3) is 0.882. The van der Waals surface area contributed by atoms with Crippen molar-refractivity contribution in [3.05, 3.63) is 0 Å². The molecule has 1 unspecified atom stereocenters. The highest BCUT2D eigenvalue weighted by atomic mass is 32.2. The maximum atomic E-state index is 12.3. The minimum atomic E-state index is -0.538. The first-order valence-corrected chi connectivity index (χ1v) is 9.85. The average molecular weight is 345 g/mol. The molecule has 0 radical (unpaired) electrons. The summed E-state index contributed by atoms with van der Waals surface area (Å²) in [5, 5.41) is 2.96. The Kier molecular flexibility index (Phi) is 8.81. The van der Waals surface area contributed by atoms with Gasteiger partial charge in [0.2, 0.25) is 5.91 Å². The highest BCUT2D eigenvalue weighted by molar-refractivity contribution is 7.99. The third-order valence-electron chi connectivity index (χ3n) is 3.64. The average Bonchev–Trinajstić information content (AvgIpc) is 2.94. The van der Waals surface area contributed by atoms with Gasteiger partial charge in [0.05, 0.1) is 5.88 Å². The zero-order chi connectivity index (χ0) is 17.3. The van der Waals surface area contributed by atoms with E-state index in [1.807, 2.05) is 20.8 Å². The van der Waals surface area contributed by atoms with Gasteiger partial charge in [-0.2, -0.15) is 0 Å². The van der Waals surface area contributed by atoms with Crippen molar-refractivity contribution in [3.8, 4) is 0 Å². The SMILES string of the molecule is CCCCCCCCNC(=O)C1CSCN1C(=O)OC(C)(C)C. The zero-order valence-corrected chi connectivity index (χ0v) is 15.8. The number of thioether (sulfide) groups is 1. The molecule has 23 heavy (non-hydrogen) atoms. The summed E-state index contributed by atoms with van der Waals surface area (Å²) in [6.07, 6.45) is 6.79. The first kappa shape index (κ1) is 20.1. The predicted molar refractivity (Wildman–Crippen MR) is 95.6 cm³/mol. The number of amides is 2. The van der Waals surface area contributed by atoms with Crippen LogP contribution in [0.4, 0.5) is 4.79 Å². The Hall–Kier alpha value is -0.910. The van der Waals surface area contributed by atoms with E-state index in [1.165, 1.54) is 30.6 Å². The van der Waals surface area contributed by atoms with Crippen LogP contribution in [-0.2, 0) is 9.53 Å². The van der Waals surface area contributed by atoms with Gasteiger partial charge in [-0.25, -0.2) is 4.79 Å². The minimum absolute atomic E-state index is 0.0607. The molecule has 1 saturated heterocycles. The summed E-state index contributed by atoms with van der Waals surface area (Å²) in [5.41, 5.74) is -0.538. The molecule has 1 heterocycles. The lowest BCUT2D eigenvalue weighted by molar-refractivity contribution is -0.125. The van der Waals surface area contributed by atoms with Crippen molar-refractivity contribution in [3.63, 3.8) is 0 Å². The van der Waals surface area contributed by atoms with Crippen molar-refractivity contribution >= 4 is 23.8 Å². The third kappa shape index (κ3) is 7.95. The van der Waals surface area contributed by atoms with Crippen LogP contribution in [0.5, 0.6) is 0 Å². The maximum absolute atomic E-state index is 12.3. The van der Waals surface area contributed by atoms with Crippen molar-refractivity contribution in [1.82, 2.24) is 10.2 Å². The van der Waals surface area contributed by atoms with Gasteiger partial charge in [-0.3, -0.25) is 9.69 Å². The predicted octanol–water partition coefficient (Wildman–Crippen LogP) is 3.77. The van der Waals surface area contributed by atoms with E-state index < -0.39 is 17.7 Å². The van der Waals surface area contributed by atoms with E-state index in [0.717, 1.165) is 12.8 Å². The van der Waals surface area contributed by atoms with Gasteiger partial charge in [0.15, 0.2) is 0 Å². The Balaban J connectivity index is 2.30. The second-order valence-corrected chi connectivity index (χ2v) is 8.02. The first-order valence-electron chi connectivity index (χ1n) is 8.70. The lowest BCUT2D eigenvalue weighted by atomic mass is 10.1. The molecule has 0 spiro atoms. The van der Waals surface area contributed by atoms with Crippen LogP contribution in [0.25, 0.3) is 0 Å². The van der Waals surface area contributed by atoms with Gasteiger partial charge in [-0.15, -0.1) is 11.8 Å². The molecular weight excluding hydrogens is 312 g/mol. The van der Waals surface area contributed by atoms with Crippen LogP contribution in [0.15, 0.2) is 0 Å². The number of rotatable bonds is 8. The molecule has 0 aromatic rings. The van der Waals surface area contributed by atoms with E-state index in [2.05, 4.69) is 12.2 Å². The van der Waals surface area contributed by atoms with Crippen LogP contribution in [0, 0.1) is 0 Å². The van der Waals surface area contributed by atoms with E-state index in [4.69, 9.17) is 4.74 Å². The second-order valence-electron chi connectivity index (χ2n) is 7.02. The number of nitrogens with zero attached hydrogens (tertiary/aromatic N) is 1. The number of ether oxygens (including phenoxy) is 1. The third-order valence-corrected chi connectivity index (χ3v) is 4.65. The summed E-state index contributed by atoms with van der Waals surface area (Å²) >= 11 is 1.59. The standard InChI is InChI=1S/C17H32N2O3S/c1-5-6-7-8-9-10-11-18-15(20)14-12-23-13-19(14)16(21)22-17(2,3)4/h14H,5-13H2,1-4H3,(H,18,20). The molecule has 1 aliphatic rings. The Morgan fingerprint density at radius 2 is 1.83 bits per heavy atom. The van der Waals surface area contributed by atoms with Crippen LogP contribution in [0.3, 0.4) is 0 Å². The van der Waals surface area contributed by atoms with E-state index in [1.54, 1.807) is 11.8 Å². The fourth-order valence-electron chi connectivity index (χ4n) is 2.40. The van der Waals surface area contributed by atoms with Crippen LogP contribution >= 0.6 is 11.8 Å². The molecule has 1 rings (SSSR count). The minimum Gasteiger partial charge on any atom is -0.444 e. The van der Waals surface area contributed by atoms with Gasteiger partial charge in [-0.05, 0) is 27.2 Å². The molecule has 0 aromatic carbocycles. The topological polar surface area (TPSA) is 58.6 Å². The number of carbonyl (C=O) groups excluding carboxylic acids is 2. The molecule has 0 aromatic heterocycles. The summed E-state index contributed by atoms with van der Waals surface area (Å²) in [7, 11) is 0. The molecule has 6 heteroatoms. The number of nitrogens with one attached hydrogen (secondary N) is 1. The molecule has 1 aliphatic heterocycles. The van der Waals surface area contributed by atoms with Gasteiger partial charge in [0.1, 0.15) is 11.6 Å². The lowest BCUT2D eigenvalue weighted by Gasteiger charge is -2.27. The van der Waals surface area contributed by atoms with Crippen molar-refractivity contribution < 1.29 is 14.3 Å². The van der Waals surface area contributed by atoms with Crippen LogP contribution in [0.1, 0.15) is 66.2 Å². The Labute approximate surface area is 144 Å². The molecule has 2 amide bonds. The van der Waals surface area contributed by atoms with Gasteiger partial charge in [-0.1, -0.05) is 39.0 Å². The molecule has 1 fully saturated rings. The highest BCUT2D eigenvalue weighted by Crippen LogP contribution is 2.23. The van der Waals surface area contributed by atoms with Crippen molar-refractivity contribution in [2.24, 2.45) is 0 Å². The first-order chi connectivity index (χ1) is 10.8. The van der Waals surface area contributed by atoms with Crippen LogP contribution in [0.2, 0.25) is 0 Å². The van der Waals surface area contributed by atoms with Gasteiger partial charge in [0.25, 0.3) is 0 Å². The Bertz CT molecular complexity index is 383. The Morgan fingerprint density at radius 1 is 1.17 bits per heavy atom. The quantitative estimate of drug-likeness (QED) is 0.681. The summed E-state index contributed by atoms with van der Waals surface area (Å²) in [6.45, 7) is 8.40. The monoisotopic (exact) mass is 344 g/mol. The highest BCUT2D eigenvalue weighted by Gasteiger charge is 2.36. The number of unbranched alkanes of at least 4 members (excludes halogenated alkanes) is 5. The smallest absolute Gasteiger partial charge is 0.411 e. The molecule has 1 atom stereocenters. The molecule has 5 nitrogen and oxygen atoms in total. The normalized spacial score (nSPS) is 18.1. The lowest BCUT2D eigenvalue weighted by Crippen LogP contribution is -2.48. The molecule has 0 aliphatic carbocycles. The number of hydrogen-bond acceptors (Lipinski definition) is 4. The molecule has 134 valence electrons. The molecule has 1 N–H and O–H groups in total. The van der Waals surface area contributed by atoms with E-state index in [-0.39, 0.29) is 5.91 Å². The van der Waals surface area contributed by atoms with E-state index in [9.17, 15) is 9.59 Å². The molecular formula is C17H32N2O3S. The van der Waals surface area contributed by atoms with Crippen molar-refractivity contribution in [2.75, 3.05) is 18.2 Å². The summed E-state index contributed by atoms with van der Waals surface area (Å²) in [4.78, 5) is 26.0. The zero-order valence-electron chi connectivity index (χ0n) is 15.0. The number of carbonyl (C=O) groups is 2. The van der Waals surface area contributed by atoms with Crippen molar-refractivity contribution in [2.45, 2.75) is 77.9 Å². The maximum Gasteiger partial charge on any atom is 0.411 e. The van der Waals surface area contributed by atoms with Crippen LogP contribution in [-0.4, -0.2) is 46.7 Å². The second kappa shape index (κ2) is 10.1. The van der Waals surface area contributed by atoms with Crippen molar-refractivity contribution in [1.29, 1.82) is 0 Å². The van der Waals surface area contributed by atoms with Crippen LogP contribution < -0.4 is 5.32 Å². The van der Waals surface area contributed by atoms with Gasteiger partial charge < -0.3 is 10.1 Å². The summed E-state index contributed by atoms with van der Waals surface area (Å²) in [5.74, 6) is 1.10. The van der Waals surface area contributed by atoms with Gasteiger partial charge >= 0.3 is 6.09 Å². The molecule has 0 saturated carbocycles. The molecule has 0 bridgehead atoms.